The van der Waals surface area contributed by atoms with Crippen molar-refractivity contribution >= 4 is 29.1 Å². The van der Waals surface area contributed by atoms with Crippen LogP contribution >= 0.6 is 0 Å². The van der Waals surface area contributed by atoms with E-state index < -0.39 is 0 Å². The first-order valence-electron chi connectivity index (χ1n) is 11.1. The molecule has 7 nitrogen and oxygen atoms in total. The summed E-state index contributed by atoms with van der Waals surface area (Å²) in [6.07, 6.45) is 1.71. The van der Waals surface area contributed by atoms with Crippen LogP contribution in [-0.2, 0) is 4.79 Å². The van der Waals surface area contributed by atoms with E-state index in [-0.39, 0.29) is 17.8 Å². The molecule has 7 heteroatoms. The fraction of sp³-hybridized carbons (Fsp3) is 0.0714. The molecule has 0 aliphatic heterocycles. The molecule has 0 saturated carbocycles. The highest BCUT2D eigenvalue weighted by molar-refractivity contribution is 5.96. The number of nitriles is 1. The highest BCUT2D eigenvalue weighted by Crippen LogP contribution is 2.24. The van der Waals surface area contributed by atoms with E-state index in [1.807, 2.05) is 73.7 Å². The van der Waals surface area contributed by atoms with Crippen molar-refractivity contribution in [3.8, 4) is 17.2 Å². The van der Waals surface area contributed by atoms with Gasteiger partial charge in [0.05, 0.1) is 17.2 Å². The van der Waals surface area contributed by atoms with Crippen LogP contribution in [0.3, 0.4) is 0 Å². The second-order valence-electron chi connectivity index (χ2n) is 7.88. The number of aromatic nitrogens is 1. The van der Waals surface area contributed by atoms with Crippen molar-refractivity contribution in [1.82, 2.24) is 4.98 Å². The molecule has 0 aliphatic rings. The fourth-order valence-electron chi connectivity index (χ4n) is 3.49. The van der Waals surface area contributed by atoms with E-state index in [0.29, 0.717) is 17.1 Å². The van der Waals surface area contributed by atoms with Gasteiger partial charge < -0.3 is 16.4 Å². The van der Waals surface area contributed by atoms with Gasteiger partial charge >= 0.3 is 0 Å². The molecule has 4 aromatic rings. The van der Waals surface area contributed by atoms with E-state index in [9.17, 15) is 10.1 Å². The van der Waals surface area contributed by atoms with Gasteiger partial charge in [-0.1, -0.05) is 54.6 Å². The predicted molar refractivity (Wildman–Crippen MR) is 139 cm³/mol. The number of carbonyl (C=O) groups is 1. The normalized spacial score (nSPS) is 11.8. The molecule has 1 heterocycles. The van der Waals surface area contributed by atoms with Crippen molar-refractivity contribution in [3.63, 3.8) is 0 Å². The molecule has 1 amide bonds. The Morgan fingerprint density at radius 3 is 2.29 bits per heavy atom. The number of nitrogens with zero attached hydrogens (tertiary/aromatic N) is 3. The molecule has 1 atom stereocenters. The molecule has 0 fully saturated rings. The number of para-hydroxylation sites is 1. The maximum atomic E-state index is 12.6. The average Bonchev–Trinajstić information content (AvgIpc) is 2.90. The van der Waals surface area contributed by atoms with Crippen LogP contribution in [0.1, 0.15) is 24.0 Å². The zero-order valence-corrected chi connectivity index (χ0v) is 19.1. The van der Waals surface area contributed by atoms with E-state index in [0.717, 1.165) is 22.4 Å². The summed E-state index contributed by atoms with van der Waals surface area (Å²) in [5.41, 5.74) is 10.6. The Kier molecular flexibility index (Phi) is 7.14. The summed E-state index contributed by atoms with van der Waals surface area (Å²) >= 11 is 0. The molecule has 0 radical (unpaired) electrons. The topological polar surface area (TPSA) is 116 Å². The SMILES string of the molecule is CC(C(=O)Nc1ccc(-c2ccc(N=C(N)Nc3ccccc3C#N)nc2)cc1)c1ccccc1. The second kappa shape index (κ2) is 10.8. The van der Waals surface area contributed by atoms with Crippen LogP contribution in [-0.4, -0.2) is 16.9 Å². The standard InChI is InChI=1S/C28H24N6O/c1-19(20-7-3-2-4-8-20)27(35)32-24-14-11-21(12-15-24)23-13-16-26(31-18-23)34-28(30)33-25-10-6-5-9-22(25)17-29/h2-16,18-19H,1H3,(H,32,35)(H3,30,31,33,34). The van der Waals surface area contributed by atoms with Crippen molar-refractivity contribution in [2.75, 3.05) is 10.6 Å². The van der Waals surface area contributed by atoms with Gasteiger partial charge in [-0.25, -0.2) is 4.98 Å². The van der Waals surface area contributed by atoms with Crippen LogP contribution in [0.25, 0.3) is 11.1 Å². The highest BCUT2D eigenvalue weighted by Gasteiger charge is 2.15. The Hall–Kier alpha value is -4.96. The molecule has 0 aliphatic carbocycles. The number of benzene rings is 3. The zero-order valence-electron chi connectivity index (χ0n) is 19.1. The Morgan fingerprint density at radius 1 is 0.914 bits per heavy atom. The third kappa shape index (κ3) is 5.89. The van der Waals surface area contributed by atoms with Crippen molar-refractivity contribution in [3.05, 3.63) is 108 Å². The number of amides is 1. The smallest absolute Gasteiger partial charge is 0.231 e. The Morgan fingerprint density at radius 2 is 1.60 bits per heavy atom. The van der Waals surface area contributed by atoms with E-state index in [4.69, 9.17) is 5.73 Å². The quantitative estimate of drug-likeness (QED) is 0.262. The summed E-state index contributed by atoms with van der Waals surface area (Å²) in [5, 5.41) is 15.1. The van der Waals surface area contributed by atoms with Gasteiger partial charge in [-0.05, 0) is 54.4 Å². The number of hydrogen-bond donors (Lipinski definition) is 3. The molecule has 4 N–H and O–H groups in total. The molecule has 1 aromatic heterocycles. The molecule has 3 aromatic carbocycles. The van der Waals surface area contributed by atoms with Crippen LogP contribution in [0.5, 0.6) is 0 Å². The number of anilines is 2. The second-order valence-corrected chi connectivity index (χ2v) is 7.88. The molecule has 1 unspecified atom stereocenters. The Labute approximate surface area is 204 Å². The largest absolute Gasteiger partial charge is 0.369 e. The minimum absolute atomic E-state index is 0.0589. The molecule has 35 heavy (non-hydrogen) atoms. The van der Waals surface area contributed by atoms with Crippen LogP contribution < -0.4 is 16.4 Å². The molecule has 0 saturated heterocycles. The first-order valence-corrected chi connectivity index (χ1v) is 11.1. The average molecular weight is 461 g/mol. The zero-order chi connectivity index (χ0) is 24.6. The van der Waals surface area contributed by atoms with Crippen molar-refractivity contribution in [2.24, 2.45) is 10.7 Å². The predicted octanol–water partition coefficient (Wildman–Crippen LogP) is 5.42. The van der Waals surface area contributed by atoms with Crippen LogP contribution in [0, 0.1) is 11.3 Å². The van der Waals surface area contributed by atoms with Crippen molar-refractivity contribution in [2.45, 2.75) is 12.8 Å². The van der Waals surface area contributed by atoms with Gasteiger partial charge in [0, 0.05) is 17.4 Å². The van der Waals surface area contributed by atoms with Gasteiger partial charge in [0.15, 0.2) is 11.8 Å². The molecular formula is C28H24N6O. The highest BCUT2D eigenvalue weighted by atomic mass is 16.1. The first kappa shape index (κ1) is 23.2. The summed E-state index contributed by atoms with van der Waals surface area (Å²) in [6, 6.07) is 30.1. The molecule has 0 spiro atoms. The van der Waals surface area contributed by atoms with Crippen molar-refractivity contribution < 1.29 is 4.79 Å². The minimum Gasteiger partial charge on any atom is -0.369 e. The number of nitrogens with one attached hydrogen (secondary N) is 2. The monoisotopic (exact) mass is 460 g/mol. The Bertz CT molecular complexity index is 1370. The number of carbonyl (C=O) groups excluding carboxylic acids is 1. The van der Waals surface area contributed by atoms with E-state index >= 15 is 0 Å². The lowest BCUT2D eigenvalue weighted by Gasteiger charge is -2.13. The van der Waals surface area contributed by atoms with Crippen molar-refractivity contribution in [1.29, 1.82) is 5.26 Å². The van der Waals surface area contributed by atoms with E-state index in [2.05, 4.69) is 26.7 Å². The minimum atomic E-state index is -0.247. The number of aliphatic imine (C=N–C) groups is 1. The fourth-order valence-corrected chi connectivity index (χ4v) is 3.49. The number of hydrogen-bond acceptors (Lipinski definition) is 4. The lowest BCUT2D eigenvalue weighted by atomic mass is 10.0. The van der Waals surface area contributed by atoms with Gasteiger partial charge in [-0.15, -0.1) is 0 Å². The number of nitrogens with two attached hydrogens (primary N) is 1. The molecular weight excluding hydrogens is 436 g/mol. The summed E-state index contributed by atoms with van der Waals surface area (Å²) in [5.74, 6) is 0.268. The first-order chi connectivity index (χ1) is 17.0. The van der Waals surface area contributed by atoms with E-state index in [1.54, 1.807) is 30.5 Å². The number of pyridine rings is 1. The maximum absolute atomic E-state index is 12.6. The lowest BCUT2D eigenvalue weighted by Crippen LogP contribution is -2.22. The van der Waals surface area contributed by atoms with Gasteiger partial charge in [0.1, 0.15) is 6.07 Å². The van der Waals surface area contributed by atoms with Crippen LogP contribution in [0.2, 0.25) is 0 Å². The number of rotatable bonds is 6. The summed E-state index contributed by atoms with van der Waals surface area (Å²) in [6.45, 7) is 1.89. The third-order valence-electron chi connectivity index (χ3n) is 5.47. The summed E-state index contributed by atoms with van der Waals surface area (Å²) in [4.78, 5) is 21.2. The van der Waals surface area contributed by atoms with Crippen LogP contribution in [0.4, 0.5) is 17.2 Å². The lowest BCUT2D eigenvalue weighted by molar-refractivity contribution is -0.117. The summed E-state index contributed by atoms with van der Waals surface area (Å²) in [7, 11) is 0. The third-order valence-corrected chi connectivity index (χ3v) is 5.47. The Balaban J connectivity index is 1.40. The summed E-state index contributed by atoms with van der Waals surface area (Å²) < 4.78 is 0. The molecule has 0 bridgehead atoms. The van der Waals surface area contributed by atoms with Gasteiger partial charge in [0.2, 0.25) is 5.91 Å². The number of guanidine groups is 1. The van der Waals surface area contributed by atoms with Gasteiger partial charge in [-0.3, -0.25) is 4.79 Å². The maximum Gasteiger partial charge on any atom is 0.231 e. The van der Waals surface area contributed by atoms with Crippen LogP contribution in [0.15, 0.2) is 102 Å². The van der Waals surface area contributed by atoms with Gasteiger partial charge in [-0.2, -0.15) is 10.3 Å². The van der Waals surface area contributed by atoms with Gasteiger partial charge in [0.25, 0.3) is 0 Å². The van der Waals surface area contributed by atoms with E-state index in [1.165, 1.54) is 0 Å². The molecule has 4 rings (SSSR count). The molecule has 172 valence electrons.